The summed E-state index contributed by atoms with van der Waals surface area (Å²) in [6.07, 6.45) is 3.01. The second-order valence-electron chi connectivity index (χ2n) is 4.37. The van der Waals surface area contributed by atoms with Crippen molar-refractivity contribution >= 4 is 21.8 Å². The fourth-order valence-corrected chi connectivity index (χ4v) is 2.47. The lowest BCUT2D eigenvalue weighted by molar-refractivity contribution is -0.0503. The fourth-order valence-electron chi connectivity index (χ4n) is 2.13. The van der Waals surface area contributed by atoms with Crippen LogP contribution in [-0.4, -0.2) is 30.5 Å². The molecule has 1 amide bonds. The fraction of sp³-hybridized carbons (Fsp3) is 0.462. The summed E-state index contributed by atoms with van der Waals surface area (Å²) >= 11 is 3.18. The van der Waals surface area contributed by atoms with Crippen molar-refractivity contribution in [3.05, 3.63) is 28.2 Å². The zero-order valence-electron chi connectivity index (χ0n) is 10.2. The van der Waals surface area contributed by atoms with Gasteiger partial charge < -0.3 is 9.64 Å². The zero-order chi connectivity index (χ0) is 13.8. The summed E-state index contributed by atoms with van der Waals surface area (Å²) in [6.45, 7) is -1.60. The van der Waals surface area contributed by atoms with Gasteiger partial charge in [-0.2, -0.15) is 8.78 Å². The van der Waals surface area contributed by atoms with Crippen molar-refractivity contribution in [2.45, 2.75) is 25.9 Å². The Labute approximate surface area is 118 Å². The molecule has 0 N–H and O–H groups in total. The zero-order valence-corrected chi connectivity index (χ0v) is 11.8. The molecule has 0 atom stereocenters. The number of rotatable bonds is 3. The summed E-state index contributed by atoms with van der Waals surface area (Å²) < 4.78 is 29.8. The predicted octanol–water partition coefficient (Wildman–Crippen LogP) is 3.68. The summed E-state index contributed by atoms with van der Waals surface area (Å²) in [5.74, 6) is -0.331. The number of alkyl halides is 2. The standard InChI is InChI=1S/C13H14BrF2NO2/c14-9-4-5-10(11(8-9)19-13(15)16)12(18)17-6-2-1-3-7-17/h4-5,8,13H,1-3,6-7H2. The third-order valence-corrected chi connectivity index (χ3v) is 3.53. The van der Waals surface area contributed by atoms with Crippen LogP contribution in [0, 0.1) is 0 Å². The van der Waals surface area contributed by atoms with Crippen LogP contribution >= 0.6 is 15.9 Å². The van der Waals surface area contributed by atoms with Crippen molar-refractivity contribution in [3.8, 4) is 5.75 Å². The molecule has 0 bridgehead atoms. The van der Waals surface area contributed by atoms with E-state index in [4.69, 9.17) is 0 Å². The molecule has 1 aliphatic rings. The van der Waals surface area contributed by atoms with Crippen LogP contribution < -0.4 is 4.74 Å². The third kappa shape index (κ3) is 3.65. The second kappa shape index (κ2) is 6.32. The van der Waals surface area contributed by atoms with Crippen LogP contribution in [0.2, 0.25) is 0 Å². The molecule has 1 heterocycles. The molecular formula is C13H14BrF2NO2. The van der Waals surface area contributed by atoms with Crippen LogP contribution in [0.3, 0.4) is 0 Å². The predicted molar refractivity (Wildman–Crippen MR) is 70.5 cm³/mol. The number of carbonyl (C=O) groups excluding carboxylic acids is 1. The molecule has 6 heteroatoms. The average molecular weight is 334 g/mol. The van der Waals surface area contributed by atoms with Gasteiger partial charge in [0.2, 0.25) is 0 Å². The number of nitrogens with zero attached hydrogens (tertiary/aromatic N) is 1. The van der Waals surface area contributed by atoms with Gasteiger partial charge in [0.15, 0.2) is 0 Å². The minimum Gasteiger partial charge on any atom is -0.434 e. The van der Waals surface area contributed by atoms with Gasteiger partial charge in [0.25, 0.3) is 5.91 Å². The van der Waals surface area contributed by atoms with Gasteiger partial charge in [0, 0.05) is 17.6 Å². The van der Waals surface area contributed by atoms with E-state index in [0.717, 1.165) is 19.3 Å². The maximum atomic E-state index is 12.4. The van der Waals surface area contributed by atoms with Crippen LogP contribution in [0.5, 0.6) is 5.75 Å². The van der Waals surface area contributed by atoms with E-state index in [9.17, 15) is 13.6 Å². The van der Waals surface area contributed by atoms with E-state index in [2.05, 4.69) is 20.7 Å². The second-order valence-corrected chi connectivity index (χ2v) is 5.29. The summed E-state index contributed by atoms with van der Waals surface area (Å²) in [6, 6.07) is 4.55. The number of benzene rings is 1. The van der Waals surface area contributed by atoms with Gasteiger partial charge in [-0.3, -0.25) is 4.79 Å². The Morgan fingerprint density at radius 3 is 2.58 bits per heavy atom. The molecule has 0 aliphatic carbocycles. The molecule has 0 saturated carbocycles. The van der Waals surface area contributed by atoms with Gasteiger partial charge >= 0.3 is 6.61 Å². The van der Waals surface area contributed by atoms with E-state index in [0.29, 0.717) is 17.6 Å². The van der Waals surface area contributed by atoms with Crippen molar-refractivity contribution < 1.29 is 18.3 Å². The van der Waals surface area contributed by atoms with Crippen molar-refractivity contribution in [3.63, 3.8) is 0 Å². The Balaban J connectivity index is 2.24. The Morgan fingerprint density at radius 1 is 1.26 bits per heavy atom. The molecule has 3 nitrogen and oxygen atoms in total. The molecule has 0 aromatic heterocycles. The minimum atomic E-state index is -2.94. The van der Waals surface area contributed by atoms with Crippen molar-refractivity contribution in [2.24, 2.45) is 0 Å². The molecule has 104 valence electrons. The first-order valence-electron chi connectivity index (χ1n) is 6.11. The van der Waals surface area contributed by atoms with Gasteiger partial charge in [-0.05, 0) is 37.5 Å². The largest absolute Gasteiger partial charge is 0.434 e. The van der Waals surface area contributed by atoms with Crippen LogP contribution in [-0.2, 0) is 0 Å². The number of ether oxygens (including phenoxy) is 1. The number of likely N-dealkylation sites (tertiary alicyclic amines) is 1. The molecule has 1 aromatic rings. The third-order valence-electron chi connectivity index (χ3n) is 3.03. The minimum absolute atomic E-state index is 0.0834. The van der Waals surface area contributed by atoms with Crippen LogP contribution in [0.25, 0.3) is 0 Å². The molecule has 0 spiro atoms. The molecule has 0 unspecified atom stereocenters. The quantitative estimate of drug-likeness (QED) is 0.844. The van der Waals surface area contributed by atoms with Crippen molar-refractivity contribution in [2.75, 3.05) is 13.1 Å². The number of hydrogen-bond acceptors (Lipinski definition) is 2. The molecule has 0 radical (unpaired) electrons. The lowest BCUT2D eigenvalue weighted by Crippen LogP contribution is -2.35. The van der Waals surface area contributed by atoms with E-state index in [1.807, 2.05) is 0 Å². The Kier molecular flexibility index (Phi) is 4.74. The topological polar surface area (TPSA) is 29.5 Å². The molecule has 1 saturated heterocycles. The monoisotopic (exact) mass is 333 g/mol. The smallest absolute Gasteiger partial charge is 0.387 e. The summed E-state index contributed by atoms with van der Waals surface area (Å²) in [5.41, 5.74) is 0.186. The average Bonchev–Trinajstić information content (AvgIpc) is 2.38. The maximum Gasteiger partial charge on any atom is 0.387 e. The number of piperidine rings is 1. The van der Waals surface area contributed by atoms with E-state index in [1.165, 1.54) is 12.1 Å². The molecule has 1 aliphatic heterocycles. The lowest BCUT2D eigenvalue weighted by Gasteiger charge is -2.27. The van der Waals surface area contributed by atoms with E-state index >= 15 is 0 Å². The summed E-state index contributed by atoms with van der Waals surface area (Å²) in [7, 11) is 0. The first-order valence-corrected chi connectivity index (χ1v) is 6.91. The van der Waals surface area contributed by atoms with E-state index < -0.39 is 6.61 Å². The molecule has 1 aromatic carbocycles. The van der Waals surface area contributed by atoms with Crippen LogP contribution in [0.15, 0.2) is 22.7 Å². The highest BCUT2D eigenvalue weighted by Crippen LogP contribution is 2.27. The highest BCUT2D eigenvalue weighted by Gasteiger charge is 2.22. The lowest BCUT2D eigenvalue weighted by atomic mass is 10.1. The van der Waals surface area contributed by atoms with E-state index in [1.54, 1.807) is 11.0 Å². The van der Waals surface area contributed by atoms with Gasteiger partial charge in [-0.25, -0.2) is 0 Å². The number of hydrogen-bond donors (Lipinski definition) is 0. The molecule has 1 fully saturated rings. The van der Waals surface area contributed by atoms with Gasteiger partial charge in [0.05, 0.1) is 5.56 Å². The van der Waals surface area contributed by atoms with E-state index in [-0.39, 0.29) is 17.2 Å². The van der Waals surface area contributed by atoms with Gasteiger partial charge in [-0.1, -0.05) is 15.9 Å². The first-order chi connectivity index (χ1) is 9.08. The normalized spacial score (nSPS) is 15.7. The summed E-state index contributed by atoms with van der Waals surface area (Å²) in [4.78, 5) is 14.0. The maximum absolute atomic E-state index is 12.4. The van der Waals surface area contributed by atoms with Crippen LogP contribution in [0.1, 0.15) is 29.6 Å². The first kappa shape index (κ1) is 14.2. The summed E-state index contributed by atoms with van der Waals surface area (Å²) in [5, 5.41) is 0. The van der Waals surface area contributed by atoms with Gasteiger partial charge in [0.1, 0.15) is 5.75 Å². The van der Waals surface area contributed by atoms with Crippen molar-refractivity contribution in [1.29, 1.82) is 0 Å². The molecule has 19 heavy (non-hydrogen) atoms. The highest BCUT2D eigenvalue weighted by atomic mass is 79.9. The van der Waals surface area contributed by atoms with Gasteiger partial charge in [-0.15, -0.1) is 0 Å². The molecule has 2 rings (SSSR count). The van der Waals surface area contributed by atoms with Crippen molar-refractivity contribution in [1.82, 2.24) is 4.90 Å². The Morgan fingerprint density at radius 2 is 1.95 bits per heavy atom. The number of halogens is 3. The van der Waals surface area contributed by atoms with Crippen LogP contribution in [0.4, 0.5) is 8.78 Å². The number of carbonyl (C=O) groups is 1. The molecular weight excluding hydrogens is 320 g/mol. The highest BCUT2D eigenvalue weighted by molar-refractivity contribution is 9.10. The number of amides is 1. The SMILES string of the molecule is O=C(c1ccc(Br)cc1OC(F)F)N1CCCCC1. The Bertz CT molecular complexity index is 462. The Hall–Kier alpha value is -1.17.